The topological polar surface area (TPSA) is 76.2 Å². The van der Waals surface area contributed by atoms with Crippen molar-refractivity contribution in [1.29, 1.82) is 0 Å². The Morgan fingerprint density at radius 1 is 1.19 bits per heavy atom. The summed E-state index contributed by atoms with van der Waals surface area (Å²) in [7, 11) is 0. The van der Waals surface area contributed by atoms with Gasteiger partial charge in [0.05, 0.1) is 9.99 Å². The maximum Gasteiger partial charge on any atom is 0.302 e. The van der Waals surface area contributed by atoms with Gasteiger partial charge < -0.3 is 14.4 Å². The fourth-order valence-corrected chi connectivity index (χ4v) is 3.06. The van der Waals surface area contributed by atoms with Crippen molar-refractivity contribution < 1.29 is 14.6 Å². The van der Waals surface area contributed by atoms with E-state index in [1.54, 1.807) is 10.6 Å². The zero-order chi connectivity index (χ0) is 18.5. The van der Waals surface area contributed by atoms with Gasteiger partial charge in [0.1, 0.15) is 5.75 Å². The third-order valence-corrected chi connectivity index (χ3v) is 4.47. The van der Waals surface area contributed by atoms with Gasteiger partial charge in [0.2, 0.25) is 5.88 Å². The number of ether oxygens (including phenoxy) is 1. The van der Waals surface area contributed by atoms with Crippen molar-refractivity contribution in [2.45, 2.75) is 19.9 Å². The van der Waals surface area contributed by atoms with E-state index in [1.165, 1.54) is 0 Å². The Bertz CT molecular complexity index is 966. The minimum Gasteiger partial charge on any atom is -0.493 e. The number of hydrogen-bond acceptors (Lipinski definition) is 4. The quantitative estimate of drug-likeness (QED) is 0.561. The van der Waals surface area contributed by atoms with E-state index < -0.39 is 5.91 Å². The van der Waals surface area contributed by atoms with Gasteiger partial charge in [-0.05, 0) is 40.5 Å². The first-order valence-electron chi connectivity index (χ1n) is 8.24. The second-order valence-electron chi connectivity index (χ2n) is 5.65. The minimum absolute atomic E-state index is 0.0105. The van der Waals surface area contributed by atoms with Crippen molar-refractivity contribution in [3.8, 4) is 11.6 Å². The van der Waals surface area contributed by atoms with E-state index in [0.29, 0.717) is 18.0 Å². The molecule has 1 heterocycles. The number of halogens is 1. The normalized spacial score (nSPS) is 11.3. The summed E-state index contributed by atoms with van der Waals surface area (Å²) in [6.07, 6.45) is 0.863. The molecule has 0 atom stereocenters. The number of amides is 1. The number of hydrogen-bond donors (Lipinski definition) is 1. The van der Waals surface area contributed by atoms with Crippen LogP contribution >= 0.6 is 15.9 Å². The Balaban J connectivity index is 1.79. The van der Waals surface area contributed by atoms with Crippen LogP contribution in [0.25, 0.3) is 10.9 Å². The summed E-state index contributed by atoms with van der Waals surface area (Å²) in [5.41, 5.74) is 1.15. The van der Waals surface area contributed by atoms with E-state index >= 15 is 0 Å². The Kier molecular flexibility index (Phi) is 5.68. The molecule has 3 rings (SSSR count). The molecule has 1 aromatic heterocycles. The lowest BCUT2D eigenvalue weighted by atomic mass is 10.2. The van der Waals surface area contributed by atoms with Gasteiger partial charge in [0, 0.05) is 11.9 Å². The third-order valence-electron chi connectivity index (χ3n) is 3.81. The summed E-state index contributed by atoms with van der Waals surface area (Å²) in [5, 5.41) is 18.9. The molecule has 6 nitrogen and oxygen atoms in total. The van der Waals surface area contributed by atoms with Crippen LogP contribution in [0.15, 0.2) is 63.2 Å². The zero-order valence-corrected chi connectivity index (χ0v) is 15.8. The molecule has 0 saturated carbocycles. The molecule has 0 unspecified atom stereocenters. The number of aromatic nitrogens is 1. The van der Waals surface area contributed by atoms with Gasteiger partial charge in [-0.3, -0.25) is 4.79 Å². The van der Waals surface area contributed by atoms with Gasteiger partial charge in [0.15, 0.2) is 12.3 Å². The van der Waals surface area contributed by atoms with Crippen LogP contribution in [0.3, 0.4) is 0 Å². The van der Waals surface area contributed by atoms with Gasteiger partial charge in [0.25, 0.3) is 0 Å². The highest BCUT2D eigenvalue weighted by Crippen LogP contribution is 2.38. The number of rotatable bonds is 6. The van der Waals surface area contributed by atoms with Crippen molar-refractivity contribution in [2.75, 3.05) is 6.61 Å². The van der Waals surface area contributed by atoms with Gasteiger partial charge in [-0.15, -0.1) is 10.2 Å². The summed E-state index contributed by atoms with van der Waals surface area (Å²) in [4.78, 5) is 12.0. The van der Waals surface area contributed by atoms with Crippen molar-refractivity contribution in [1.82, 2.24) is 4.57 Å². The van der Waals surface area contributed by atoms with Crippen LogP contribution in [-0.4, -0.2) is 22.2 Å². The van der Waals surface area contributed by atoms with E-state index in [1.807, 2.05) is 49.4 Å². The molecule has 0 aliphatic carbocycles. The van der Waals surface area contributed by atoms with E-state index in [-0.39, 0.29) is 12.5 Å². The van der Waals surface area contributed by atoms with Gasteiger partial charge in [-0.2, -0.15) is 0 Å². The first-order chi connectivity index (χ1) is 12.6. The number of benzene rings is 2. The summed E-state index contributed by atoms with van der Waals surface area (Å²) in [5.74, 6) is 0.0299. The SMILES string of the molecule is CCCn1c(O)c(N=NC(=O)COc2ccccc2Br)c2ccccc21. The van der Waals surface area contributed by atoms with Crippen LogP contribution in [0.1, 0.15) is 13.3 Å². The molecule has 26 heavy (non-hydrogen) atoms. The van der Waals surface area contributed by atoms with Crippen LogP contribution in [0.2, 0.25) is 0 Å². The fourth-order valence-electron chi connectivity index (χ4n) is 2.66. The number of para-hydroxylation sites is 2. The van der Waals surface area contributed by atoms with Gasteiger partial charge in [-0.1, -0.05) is 37.3 Å². The number of azo groups is 1. The maximum absolute atomic E-state index is 12.0. The predicted octanol–water partition coefficient (Wildman–Crippen LogP) is 5.21. The highest BCUT2D eigenvalue weighted by atomic mass is 79.9. The summed E-state index contributed by atoms with van der Waals surface area (Å²) in [6.45, 7) is 2.44. The Morgan fingerprint density at radius 3 is 2.69 bits per heavy atom. The third kappa shape index (κ3) is 3.77. The van der Waals surface area contributed by atoms with Crippen LogP contribution < -0.4 is 4.74 Å². The smallest absolute Gasteiger partial charge is 0.302 e. The molecule has 0 aliphatic rings. The number of carbonyl (C=O) groups is 1. The summed E-state index contributed by atoms with van der Waals surface area (Å²) >= 11 is 3.35. The number of carbonyl (C=O) groups excluding carboxylic acids is 1. The Hall–Kier alpha value is -2.67. The highest BCUT2D eigenvalue weighted by Gasteiger charge is 2.16. The van der Waals surface area contributed by atoms with E-state index in [2.05, 4.69) is 26.2 Å². The number of aryl methyl sites for hydroxylation is 1. The average molecular weight is 416 g/mol. The molecule has 1 N–H and O–H groups in total. The standard InChI is InChI=1S/C19H18BrN3O3/c1-2-11-23-15-9-5-3-7-13(15)18(19(23)25)22-21-17(24)12-26-16-10-6-4-8-14(16)20/h3-10,25H,2,11-12H2,1H3. The number of fused-ring (bicyclic) bond motifs is 1. The number of aromatic hydroxyl groups is 1. The molecule has 2 aromatic carbocycles. The zero-order valence-electron chi connectivity index (χ0n) is 14.2. The lowest BCUT2D eigenvalue weighted by Crippen LogP contribution is -2.08. The Labute approximate surface area is 159 Å². The van der Waals surface area contributed by atoms with Crippen molar-refractivity contribution >= 4 is 38.4 Å². The van der Waals surface area contributed by atoms with E-state index in [0.717, 1.165) is 21.8 Å². The van der Waals surface area contributed by atoms with Crippen molar-refractivity contribution in [2.24, 2.45) is 10.2 Å². The second-order valence-corrected chi connectivity index (χ2v) is 6.51. The maximum atomic E-state index is 12.0. The van der Waals surface area contributed by atoms with Gasteiger partial charge in [-0.25, -0.2) is 0 Å². The first-order valence-corrected chi connectivity index (χ1v) is 9.03. The van der Waals surface area contributed by atoms with Gasteiger partial charge >= 0.3 is 5.91 Å². The van der Waals surface area contributed by atoms with Crippen LogP contribution in [0, 0.1) is 0 Å². The molecular weight excluding hydrogens is 398 g/mol. The van der Waals surface area contributed by atoms with E-state index in [4.69, 9.17) is 4.74 Å². The molecule has 1 amide bonds. The molecule has 0 bridgehead atoms. The molecule has 0 spiro atoms. The Morgan fingerprint density at radius 2 is 1.92 bits per heavy atom. The fraction of sp³-hybridized carbons (Fsp3) is 0.211. The predicted molar refractivity (Wildman–Crippen MR) is 103 cm³/mol. The molecule has 0 fully saturated rings. The average Bonchev–Trinajstić information content (AvgIpc) is 2.91. The monoisotopic (exact) mass is 415 g/mol. The summed E-state index contributed by atoms with van der Waals surface area (Å²) < 4.78 is 7.95. The van der Waals surface area contributed by atoms with E-state index in [9.17, 15) is 9.90 Å². The number of nitrogens with zero attached hydrogens (tertiary/aromatic N) is 3. The molecule has 134 valence electrons. The first kappa shape index (κ1) is 18.1. The van der Waals surface area contributed by atoms with Crippen molar-refractivity contribution in [3.63, 3.8) is 0 Å². The minimum atomic E-state index is -0.535. The molecule has 0 saturated heterocycles. The van der Waals surface area contributed by atoms with Crippen LogP contribution in [0.4, 0.5) is 5.69 Å². The molecule has 0 radical (unpaired) electrons. The molecule has 7 heteroatoms. The van der Waals surface area contributed by atoms with Crippen LogP contribution in [-0.2, 0) is 11.3 Å². The molecular formula is C19H18BrN3O3. The highest BCUT2D eigenvalue weighted by molar-refractivity contribution is 9.10. The summed E-state index contributed by atoms with van der Waals surface area (Å²) in [6, 6.07) is 14.7. The van der Waals surface area contributed by atoms with Crippen LogP contribution in [0.5, 0.6) is 11.6 Å². The lowest BCUT2D eigenvalue weighted by molar-refractivity contribution is -0.120. The molecule has 3 aromatic rings. The van der Waals surface area contributed by atoms with Crippen molar-refractivity contribution in [3.05, 3.63) is 53.0 Å². The second kappa shape index (κ2) is 8.14. The molecule has 0 aliphatic heterocycles. The lowest BCUT2D eigenvalue weighted by Gasteiger charge is -2.04. The largest absolute Gasteiger partial charge is 0.493 e.